The van der Waals surface area contributed by atoms with Crippen molar-refractivity contribution in [2.45, 2.75) is 0 Å². The van der Waals surface area contributed by atoms with Crippen LogP contribution in [0.2, 0.25) is 5.02 Å². The molecular weight excluding hydrogens is 146 g/mol. The second-order valence-electron chi connectivity index (χ2n) is 1.56. The molecule has 0 aliphatic carbocycles. The van der Waals surface area contributed by atoms with Crippen LogP contribution in [0.15, 0.2) is 18.2 Å². The Bertz CT molecular complexity index is 222. The maximum Gasteiger partial charge on any atom is 0.144 e. The fraction of sp³-hybridized carbons (Fsp3) is 0. The molecule has 0 aliphatic rings. The van der Waals surface area contributed by atoms with Crippen LogP contribution in [0.4, 0.5) is 8.78 Å². The Labute approximate surface area is 56.1 Å². The standard InChI is InChI=1S/C6H3ClF2/c7-5-2-1-4(8)3-6(5)9/h1-3H. The summed E-state index contributed by atoms with van der Waals surface area (Å²) in [5.74, 6) is -1.34. The van der Waals surface area contributed by atoms with Crippen molar-refractivity contribution in [1.82, 2.24) is 0 Å². The molecule has 0 saturated heterocycles. The number of hydrogen-bond acceptors (Lipinski definition) is 0. The minimum atomic E-state index is -0.725. The molecule has 0 heterocycles. The molecule has 0 bridgehead atoms. The largest absolute Gasteiger partial charge is 0.207 e. The van der Waals surface area contributed by atoms with Gasteiger partial charge >= 0.3 is 0 Å². The van der Waals surface area contributed by atoms with Gasteiger partial charge < -0.3 is 0 Å². The van der Waals surface area contributed by atoms with Gasteiger partial charge in [0.25, 0.3) is 0 Å². The smallest absolute Gasteiger partial charge is 0.144 e. The zero-order valence-electron chi connectivity index (χ0n) is 4.37. The van der Waals surface area contributed by atoms with Crippen molar-refractivity contribution in [3.63, 3.8) is 0 Å². The third-order valence-electron chi connectivity index (χ3n) is 0.882. The van der Waals surface area contributed by atoms with Crippen LogP contribution in [0.1, 0.15) is 0 Å². The zero-order valence-corrected chi connectivity index (χ0v) is 5.12. The quantitative estimate of drug-likeness (QED) is 0.496. The van der Waals surface area contributed by atoms with Crippen molar-refractivity contribution in [1.29, 1.82) is 0 Å². The van der Waals surface area contributed by atoms with Gasteiger partial charge in [-0.2, -0.15) is 0 Å². The lowest BCUT2D eigenvalue weighted by atomic mass is 10.3. The fourth-order valence-electron chi connectivity index (χ4n) is 0.470. The molecule has 0 unspecified atom stereocenters. The van der Waals surface area contributed by atoms with Gasteiger partial charge in [0.1, 0.15) is 11.6 Å². The van der Waals surface area contributed by atoms with E-state index < -0.39 is 11.6 Å². The van der Waals surface area contributed by atoms with Gasteiger partial charge in [-0.25, -0.2) is 8.78 Å². The number of rotatable bonds is 0. The molecule has 0 spiro atoms. The molecule has 1 rings (SSSR count). The Balaban J connectivity index is 3.17. The highest BCUT2D eigenvalue weighted by Gasteiger charge is 1.97. The summed E-state index contributed by atoms with van der Waals surface area (Å²) in [6.45, 7) is 0. The van der Waals surface area contributed by atoms with Gasteiger partial charge in [0.15, 0.2) is 0 Å². The van der Waals surface area contributed by atoms with E-state index >= 15 is 0 Å². The topological polar surface area (TPSA) is 0 Å². The Hall–Kier alpha value is -0.630. The molecule has 0 aromatic heterocycles. The summed E-state index contributed by atoms with van der Waals surface area (Å²) in [7, 11) is 0. The number of hydrogen-bond donors (Lipinski definition) is 0. The van der Waals surface area contributed by atoms with Crippen LogP contribution in [-0.2, 0) is 0 Å². The van der Waals surface area contributed by atoms with E-state index in [0.29, 0.717) is 0 Å². The van der Waals surface area contributed by atoms with Crippen molar-refractivity contribution in [2.24, 2.45) is 0 Å². The highest BCUT2D eigenvalue weighted by molar-refractivity contribution is 6.30. The van der Waals surface area contributed by atoms with E-state index in [1.54, 1.807) is 0 Å². The molecule has 0 atom stereocenters. The summed E-state index contributed by atoms with van der Waals surface area (Å²) in [6, 6.07) is 3.01. The van der Waals surface area contributed by atoms with E-state index in [4.69, 9.17) is 11.6 Å². The average Bonchev–Trinajstić information content (AvgIpc) is 1.80. The molecular formula is C6H3ClF2. The minimum absolute atomic E-state index is 0.0589. The Morgan fingerprint density at radius 2 is 1.89 bits per heavy atom. The van der Waals surface area contributed by atoms with E-state index in [2.05, 4.69) is 0 Å². The minimum Gasteiger partial charge on any atom is -0.207 e. The Morgan fingerprint density at radius 1 is 1.22 bits per heavy atom. The van der Waals surface area contributed by atoms with Crippen LogP contribution in [-0.4, -0.2) is 0 Å². The monoisotopic (exact) mass is 148 g/mol. The SMILES string of the molecule is Fc1ccc(Cl)c(F)c1. The summed E-state index contributed by atoms with van der Waals surface area (Å²) in [5, 5.41) is -0.0589. The van der Waals surface area contributed by atoms with Crippen LogP contribution in [0.3, 0.4) is 0 Å². The lowest BCUT2D eigenvalue weighted by Gasteiger charge is -1.90. The van der Waals surface area contributed by atoms with Crippen molar-refractivity contribution in [3.05, 3.63) is 34.9 Å². The highest BCUT2D eigenvalue weighted by Crippen LogP contribution is 2.13. The lowest BCUT2D eigenvalue weighted by molar-refractivity contribution is 0.583. The maximum atomic E-state index is 12.2. The first-order chi connectivity index (χ1) is 4.20. The van der Waals surface area contributed by atoms with Gasteiger partial charge in [0.2, 0.25) is 0 Å². The van der Waals surface area contributed by atoms with Gasteiger partial charge in [-0.3, -0.25) is 0 Å². The molecule has 1 aromatic carbocycles. The molecule has 3 heteroatoms. The predicted octanol–water partition coefficient (Wildman–Crippen LogP) is 2.62. The van der Waals surface area contributed by atoms with Crippen molar-refractivity contribution >= 4 is 11.6 Å². The summed E-state index contributed by atoms with van der Waals surface area (Å²) in [4.78, 5) is 0. The van der Waals surface area contributed by atoms with E-state index in [0.717, 1.165) is 12.1 Å². The normalized spacial score (nSPS) is 9.67. The van der Waals surface area contributed by atoms with Crippen LogP contribution < -0.4 is 0 Å². The first-order valence-corrected chi connectivity index (χ1v) is 2.68. The Morgan fingerprint density at radius 3 is 2.33 bits per heavy atom. The van der Waals surface area contributed by atoms with Crippen molar-refractivity contribution < 1.29 is 8.78 Å². The van der Waals surface area contributed by atoms with Crippen LogP contribution >= 0.6 is 11.6 Å². The van der Waals surface area contributed by atoms with Gasteiger partial charge in [0, 0.05) is 6.07 Å². The summed E-state index contributed by atoms with van der Waals surface area (Å²) >= 11 is 5.24. The third kappa shape index (κ3) is 1.39. The van der Waals surface area contributed by atoms with Crippen LogP contribution in [0.5, 0.6) is 0 Å². The molecule has 0 N–H and O–H groups in total. The molecule has 0 nitrogen and oxygen atoms in total. The molecule has 0 aliphatic heterocycles. The van der Waals surface area contributed by atoms with Crippen LogP contribution in [0.25, 0.3) is 0 Å². The van der Waals surface area contributed by atoms with E-state index in [1.807, 2.05) is 0 Å². The van der Waals surface area contributed by atoms with E-state index in [9.17, 15) is 8.78 Å². The average molecular weight is 149 g/mol. The summed E-state index contributed by atoms with van der Waals surface area (Å²) < 4.78 is 24.3. The Kier molecular flexibility index (Phi) is 1.67. The molecule has 48 valence electrons. The third-order valence-corrected chi connectivity index (χ3v) is 1.19. The van der Waals surface area contributed by atoms with Crippen molar-refractivity contribution in [2.75, 3.05) is 0 Å². The molecule has 0 saturated carbocycles. The van der Waals surface area contributed by atoms with Crippen molar-refractivity contribution in [3.8, 4) is 0 Å². The van der Waals surface area contributed by atoms with Gasteiger partial charge in [0.05, 0.1) is 5.02 Å². The predicted molar refractivity (Wildman–Crippen MR) is 31.4 cm³/mol. The van der Waals surface area contributed by atoms with Gasteiger partial charge in [-0.15, -0.1) is 0 Å². The highest BCUT2D eigenvalue weighted by atomic mass is 35.5. The number of halogens is 3. The molecule has 0 amide bonds. The maximum absolute atomic E-state index is 12.2. The summed E-state index contributed by atoms with van der Waals surface area (Å²) in [6.07, 6.45) is 0. The lowest BCUT2D eigenvalue weighted by Crippen LogP contribution is -1.77. The summed E-state index contributed by atoms with van der Waals surface area (Å²) in [5.41, 5.74) is 0. The number of benzene rings is 1. The fourth-order valence-corrected chi connectivity index (χ4v) is 0.588. The zero-order chi connectivity index (χ0) is 6.85. The van der Waals surface area contributed by atoms with Gasteiger partial charge in [-0.05, 0) is 12.1 Å². The van der Waals surface area contributed by atoms with E-state index in [1.165, 1.54) is 6.07 Å². The van der Waals surface area contributed by atoms with Gasteiger partial charge in [-0.1, -0.05) is 11.6 Å². The first-order valence-electron chi connectivity index (χ1n) is 2.30. The molecule has 0 fully saturated rings. The van der Waals surface area contributed by atoms with Crippen LogP contribution in [0, 0.1) is 11.6 Å². The molecule has 9 heavy (non-hydrogen) atoms. The molecule has 1 aromatic rings. The first kappa shape index (κ1) is 6.49. The second-order valence-corrected chi connectivity index (χ2v) is 1.97. The van der Waals surface area contributed by atoms with E-state index in [-0.39, 0.29) is 5.02 Å². The molecule has 0 radical (unpaired) electrons. The second kappa shape index (κ2) is 2.31.